The van der Waals surface area contributed by atoms with Gasteiger partial charge in [-0.15, -0.1) is 0 Å². The van der Waals surface area contributed by atoms with E-state index in [4.69, 9.17) is 0 Å². The molecule has 0 aliphatic carbocycles. The zero-order chi connectivity index (χ0) is 21.5. The Kier molecular flexibility index (Phi) is 6.63. The number of amides is 1. The third-order valence-corrected chi connectivity index (χ3v) is 5.65. The van der Waals surface area contributed by atoms with Crippen LogP contribution in [0, 0.1) is 6.92 Å². The largest absolute Gasteiger partial charge is 0.345 e. The molecule has 0 saturated carbocycles. The van der Waals surface area contributed by atoms with E-state index in [9.17, 15) is 4.79 Å². The molecule has 3 heteroatoms. The summed E-state index contributed by atoms with van der Waals surface area (Å²) in [4.78, 5) is 15.2. The van der Waals surface area contributed by atoms with Crippen molar-refractivity contribution < 1.29 is 4.79 Å². The number of aryl methyl sites for hydroxylation is 1. The van der Waals surface area contributed by atoms with Crippen LogP contribution in [0.1, 0.15) is 27.9 Å². The van der Waals surface area contributed by atoms with Gasteiger partial charge in [0.1, 0.15) is 0 Å². The molecular formula is C28H28N2O. The summed E-state index contributed by atoms with van der Waals surface area (Å²) in [6.07, 6.45) is 2.51. The lowest BCUT2D eigenvalue weighted by Gasteiger charge is -2.24. The predicted molar refractivity (Wildman–Crippen MR) is 126 cm³/mol. The molecule has 3 nitrogen and oxygen atoms in total. The molecule has 3 aromatic carbocycles. The van der Waals surface area contributed by atoms with Gasteiger partial charge in [0, 0.05) is 25.0 Å². The fourth-order valence-corrected chi connectivity index (χ4v) is 3.83. The van der Waals surface area contributed by atoms with Gasteiger partial charge in [-0.3, -0.25) is 4.79 Å². The molecule has 0 fully saturated rings. The highest BCUT2D eigenvalue weighted by Gasteiger charge is 2.17. The van der Waals surface area contributed by atoms with Crippen molar-refractivity contribution in [2.45, 2.75) is 33.0 Å². The maximum atomic E-state index is 13.3. The normalized spacial score (nSPS) is 10.7. The Morgan fingerprint density at radius 1 is 0.742 bits per heavy atom. The molecular weight excluding hydrogens is 380 g/mol. The fourth-order valence-electron chi connectivity index (χ4n) is 3.83. The van der Waals surface area contributed by atoms with E-state index in [0.717, 1.165) is 23.4 Å². The molecule has 4 aromatic rings. The second-order valence-electron chi connectivity index (χ2n) is 7.95. The average molecular weight is 409 g/mol. The molecule has 0 N–H and O–H groups in total. The minimum atomic E-state index is 0.138. The third-order valence-electron chi connectivity index (χ3n) is 5.65. The summed E-state index contributed by atoms with van der Waals surface area (Å²) >= 11 is 0. The van der Waals surface area contributed by atoms with Gasteiger partial charge in [-0.05, 0) is 41.3 Å². The molecule has 1 aromatic heterocycles. The lowest BCUT2D eigenvalue weighted by atomic mass is 10.1. The molecule has 1 heterocycles. The summed E-state index contributed by atoms with van der Waals surface area (Å²) in [5, 5.41) is 0. The topological polar surface area (TPSA) is 25.2 Å². The first-order valence-electron chi connectivity index (χ1n) is 10.7. The highest BCUT2D eigenvalue weighted by molar-refractivity contribution is 5.78. The molecule has 0 saturated heterocycles. The van der Waals surface area contributed by atoms with Crippen LogP contribution in [0.4, 0.5) is 0 Å². The first-order chi connectivity index (χ1) is 15.2. The van der Waals surface area contributed by atoms with Crippen molar-refractivity contribution in [2.24, 2.45) is 0 Å². The SMILES string of the molecule is Cc1ccccc1Cn1cccc1CN(Cc1ccccc1)C(=O)Cc1ccccc1. The highest BCUT2D eigenvalue weighted by atomic mass is 16.2. The molecule has 0 atom stereocenters. The number of hydrogen-bond donors (Lipinski definition) is 0. The van der Waals surface area contributed by atoms with Gasteiger partial charge in [-0.1, -0.05) is 84.9 Å². The van der Waals surface area contributed by atoms with Crippen LogP contribution in [0.15, 0.2) is 103 Å². The molecule has 1 amide bonds. The van der Waals surface area contributed by atoms with Gasteiger partial charge in [0.05, 0.1) is 13.0 Å². The van der Waals surface area contributed by atoms with E-state index in [1.165, 1.54) is 11.1 Å². The molecule has 156 valence electrons. The van der Waals surface area contributed by atoms with Crippen LogP contribution < -0.4 is 0 Å². The predicted octanol–water partition coefficient (Wildman–Crippen LogP) is 5.62. The van der Waals surface area contributed by atoms with Gasteiger partial charge in [0.15, 0.2) is 0 Å². The van der Waals surface area contributed by atoms with E-state index >= 15 is 0 Å². The molecule has 0 unspecified atom stereocenters. The Balaban J connectivity index is 1.55. The second kappa shape index (κ2) is 9.94. The average Bonchev–Trinajstić information content (AvgIpc) is 3.23. The van der Waals surface area contributed by atoms with Crippen molar-refractivity contribution in [1.29, 1.82) is 0 Å². The second-order valence-corrected chi connectivity index (χ2v) is 7.95. The van der Waals surface area contributed by atoms with Crippen LogP contribution in [-0.4, -0.2) is 15.4 Å². The van der Waals surface area contributed by atoms with E-state index in [0.29, 0.717) is 19.5 Å². The Hall–Kier alpha value is -3.59. The van der Waals surface area contributed by atoms with E-state index in [-0.39, 0.29) is 5.91 Å². The summed E-state index contributed by atoms with van der Waals surface area (Å²) in [5.41, 5.74) is 5.90. The summed E-state index contributed by atoms with van der Waals surface area (Å²) in [5.74, 6) is 0.138. The number of aromatic nitrogens is 1. The van der Waals surface area contributed by atoms with Crippen molar-refractivity contribution in [3.63, 3.8) is 0 Å². The van der Waals surface area contributed by atoms with Gasteiger partial charge in [-0.2, -0.15) is 0 Å². The lowest BCUT2D eigenvalue weighted by Crippen LogP contribution is -2.32. The molecule has 0 bridgehead atoms. The smallest absolute Gasteiger partial charge is 0.227 e. The van der Waals surface area contributed by atoms with Crippen molar-refractivity contribution in [3.8, 4) is 0 Å². The van der Waals surface area contributed by atoms with Crippen LogP contribution in [0.25, 0.3) is 0 Å². The summed E-state index contributed by atoms with van der Waals surface area (Å²) < 4.78 is 2.25. The highest BCUT2D eigenvalue weighted by Crippen LogP contribution is 2.16. The summed E-state index contributed by atoms with van der Waals surface area (Å²) in [6.45, 7) is 4.13. The maximum absolute atomic E-state index is 13.3. The lowest BCUT2D eigenvalue weighted by molar-refractivity contribution is -0.131. The molecule has 0 radical (unpaired) electrons. The van der Waals surface area contributed by atoms with Gasteiger partial charge in [0.2, 0.25) is 5.91 Å². The summed E-state index contributed by atoms with van der Waals surface area (Å²) in [7, 11) is 0. The van der Waals surface area contributed by atoms with Crippen molar-refractivity contribution >= 4 is 5.91 Å². The van der Waals surface area contributed by atoms with Crippen LogP contribution >= 0.6 is 0 Å². The van der Waals surface area contributed by atoms with Crippen LogP contribution in [-0.2, 0) is 30.8 Å². The van der Waals surface area contributed by atoms with E-state index in [2.05, 4.69) is 66.2 Å². The number of carbonyl (C=O) groups excluding carboxylic acids is 1. The molecule has 4 rings (SSSR count). The Morgan fingerprint density at radius 2 is 1.39 bits per heavy atom. The molecule has 0 aliphatic rings. The third kappa shape index (κ3) is 5.52. The zero-order valence-corrected chi connectivity index (χ0v) is 17.9. The number of benzene rings is 3. The van der Waals surface area contributed by atoms with Gasteiger partial charge < -0.3 is 9.47 Å². The van der Waals surface area contributed by atoms with Crippen molar-refractivity contribution in [2.75, 3.05) is 0 Å². The molecule has 0 spiro atoms. The molecule has 31 heavy (non-hydrogen) atoms. The number of rotatable bonds is 8. The van der Waals surface area contributed by atoms with E-state index in [1.54, 1.807) is 0 Å². The van der Waals surface area contributed by atoms with E-state index < -0.39 is 0 Å². The van der Waals surface area contributed by atoms with Crippen molar-refractivity contribution in [3.05, 3.63) is 131 Å². The standard InChI is InChI=1S/C28H28N2O/c1-23-11-8-9-16-26(23)21-29-18-10-17-27(29)22-30(20-25-14-6-3-7-15-25)28(31)19-24-12-4-2-5-13-24/h2-18H,19-22H2,1H3. The fraction of sp³-hybridized carbons (Fsp3) is 0.179. The van der Waals surface area contributed by atoms with Crippen LogP contribution in [0.5, 0.6) is 0 Å². The maximum Gasteiger partial charge on any atom is 0.227 e. The zero-order valence-electron chi connectivity index (χ0n) is 17.9. The first kappa shape index (κ1) is 20.7. The quantitative estimate of drug-likeness (QED) is 0.372. The monoisotopic (exact) mass is 408 g/mol. The van der Waals surface area contributed by atoms with Crippen LogP contribution in [0.3, 0.4) is 0 Å². The van der Waals surface area contributed by atoms with Gasteiger partial charge >= 0.3 is 0 Å². The van der Waals surface area contributed by atoms with Gasteiger partial charge in [-0.25, -0.2) is 0 Å². The Morgan fingerprint density at radius 3 is 2.10 bits per heavy atom. The van der Waals surface area contributed by atoms with Gasteiger partial charge in [0.25, 0.3) is 0 Å². The molecule has 0 aliphatic heterocycles. The minimum Gasteiger partial charge on any atom is -0.345 e. The summed E-state index contributed by atoms with van der Waals surface area (Å²) in [6, 6.07) is 32.8. The Bertz CT molecular complexity index is 1120. The number of carbonyl (C=O) groups is 1. The minimum absolute atomic E-state index is 0.138. The number of nitrogens with zero attached hydrogens (tertiary/aromatic N) is 2. The van der Waals surface area contributed by atoms with Crippen molar-refractivity contribution in [1.82, 2.24) is 9.47 Å². The first-order valence-corrected chi connectivity index (χ1v) is 10.7. The van der Waals surface area contributed by atoms with E-state index in [1.807, 2.05) is 53.4 Å². The van der Waals surface area contributed by atoms with Crippen LogP contribution in [0.2, 0.25) is 0 Å². The Labute approximate surface area is 184 Å². The number of hydrogen-bond acceptors (Lipinski definition) is 1.